The Balaban J connectivity index is 1.38. The summed E-state index contributed by atoms with van der Waals surface area (Å²) in [7, 11) is 1.67. The molecule has 5 rings (SSSR count). The fourth-order valence-corrected chi connectivity index (χ4v) is 4.81. The molecule has 0 amide bonds. The SMILES string of the molecule is COc1ccc(COC2(C#Cc3cccc(Cl)c3)CCC[C@@H](Nc3ccc4nccnc4c3)C2)cc1. The van der Waals surface area contributed by atoms with Crippen LogP contribution in [0.2, 0.25) is 5.02 Å². The van der Waals surface area contributed by atoms with Gasteiger partial charge in [0.1, 0.15) is 11.4 Å². The van der Waals surface area contributed by atoms with Crippen molar-refractivity contribution in [2.75, 3.05) is 12.4 Å². The van der Waals surface area contributed by atoms with E-state index in [0.717, 1.165) is 59.3 Å². The van der Waals surface area contributed by atoms with Gasteiger partial charge in [-0.15, -0.1) is 0 Å². The molecule has 1 aromatic heterocycles. The van der Waals surface area contributed by atoms with Crippen molar-refractivity contribution in [3.8, 4) is 17.6 Å². The summed E-state index contributed by atoms with van der Waals surface area (Å²) in [5.41, 5.74) is 4.19. The zero-order chi connectivity index (χ0) is 24.8. The molecule has 1 N–H and O–H groups in total. The normalized spacial score (nSPS) is 19.3. The average Bonchev–Trinajstić information content (AvgIpc) is 2.91. The Morgan fingerprint density at radius 3 is 2.67 bits per heavy atom. The maximum absolute atomic E-state index is 6.61. The van der Waals surface area contributed by atoms with Crippen LogP contribution in [0.25, 0.3) is 11.0 Å². The third kappa shape index (κ3) is 5.96. The maximum atomic E-state index is 6.61. The molecular weight excluding hydrogens is 470 g/mol. The van der Waals surface area contributed by atoms with Gasteiger partial charge in [0.15, 0.2) is 0 Å². The minimum atomic E-state index is -0.575. The van der Waals surface area contributed by atoms with Crippen LogP contribution in [-0.4, -0.2) is 28.7 Å². The standard InChI is InChI=1S/C30H28ClN3O2/c1-35-27-10-7-23(8-11-27)21-36-30(15-13-22-4-2-5-24(31)18-22)14-3-6-26(20-30)34-25-9-12-28-29(19-25)33-17-16-32-28/h2,4-5,7-12,16-19,26,34H,3,6,14,20-21H2,1H3/t26-,30?/m1/s1. The molecule has 1 saturated carbocycles. The molecule has 0 aliphatic heterocycles. The number of fused-ring (bicyclic) bond motifs is 1. The number of hydrogen-bond acceptors (Lipinski definition) is 5. The number of methoxy groups -OCH3 is 1. The Hall–Kier alpha value is -3.59. The average molecular weight is 498 g/mol. The second-order valence-corrected chi connectivity index (χ2v) is 9.53. The first-order valence-corrected chi connectivity index (χ1v) is 12.5. The summed E-state index contributed by atoms with van der Waals surface area (Å²) < 4.78 is 11.9. The van der Waals surface area contributed by atoms with E-state index >= 15 is 0 Å². The molecule has 1 unspecified atom stereocenters. The van der Waals surface area contributed by atoms with Crippen LogP contribution in [0.1, 0.15) is 36.8 Å². The summed E-state index contributed by atoms with van der Waals surface area (Å²) in [6.07, 6.45) is 7.13. The molecule has 0 saturated heterocycles. The van der Waals surface area contributed by atoms with Crippen LogP contribution in [0.3, 0.4) is 0 Å². The molecule has 1 fully saturated rings. The molecule has 3 aromatic carbocycles. The lowest BCUT2D eigenvalue weighted by Crippen LogP contribution is -2.41. The summed E-state index contributed by atoms with van der Waals surface area (Å²) in [6.45, 7) is 0.479. The number of benzene rings is 3. The van der Waals surface area contributed by atoms with Gasteiger partial charge in [0.25, 0.3) is 0 Å². The highest BCUT2D eigenvalue weighted by Gasteiger charge is 2.36. The smallest absolute Gasteiger partial charge is 0.131 e. The Labute approximate surface area is 216 Å². The molecule has 0 spiro atoms. The number of aromatic nitrogens is 2. The van der Waals surface area contributed by atoms with E-state index < -0.39 is 5.60 Å². The van der Waals surface area contributed by atoms with E-state index in [4.69, 9.17) is 21.1 Å². The molecule has 4 aromatic rings. The predicted molar refractivity (Wildman–Crippen MR) is 144 cm³/mol. The number of anilines is 1. The molecule has 36 heavy (non-hydrogen) atoms. The van der Waals surface area contributed by atoms with Crippen molar-refractivity contribution in [2.24, 2.45) is 0 Å². The summed E-state index contributed by atoms with van der Waals surface area (Å²) >= 11 is 6.19. The topological polar surface area (TPSA) is 56.3 Å². The van der Waals surface area contributed by atoms with Gasteiger partial charge in [-0.3, -0.25) is 9.97 Å². The molecular formula is C30H28ClN3O2. The van der Waals surface area contributed by atoms with Crippen LogP contribution in [0.5, 0.6) is 5.75 Å². The molecule has 6 heteroatoms. The molecule has 1 heterocycles. The fraction of sp³-hybridized carbons (Fsp3) is 0.267. The Bertz CT molecular complexity index is 1400. The number of ether oxygens (including phenoxy) is 2. The number of nitrogens with zero attached hydrogens (tertiary/aromatic N) is 2. The van der Waals surface area contributed by atoms with Gasteiger partial charge in [0.2, 0.25) is 0 Å². The molecule has 0 radical (unpaired) electrons. The first-order chi connectivity index (χ1) is 17.6. The lowest BCUT2D eigenvalue weighted by atomic mass is 9.81. The lowest BCUT2D eigenvalue weighted by molar-refractivity contribution is -0.0395. The molecule has 182 valence electrons. The van der Waals surface area contributed by atoms with Crippen molar-refractivity contribution < 1.29 is 9.47 Å². The van der Waals surface area contributed by atoms with Gasteiger partial charge in [-0.05, 0) is 73.4 Å². The number of halogens is 1. The van der Waals surface area contributed by atoms with Crippen molar-refractivity contribution in [2.45, 2.75) is 43.9 Å². The predicted octanol–water partition coefficient (Wildman–Crippen LogP) is 6.65. The number of rotatable bonds is 6. The van der Waals surface area contributed by atoms with Crippen LogP contribution in [-0.2, 0) is 11.3 Å². The van der Waals surface area contributed by atoms with Gasteiger partial charge >= 0.3 is 0 Å². The Kier molecular flexibility index (Phi) is 7.36. The molecule has 5 nitrogen and oxygen atoms in total. The van der Waals surface area contributed by atoms with Gasteiger partial charge in [-0.25, -0.2) is 0 Å². The van der Waals surface area contributed by atoms with Crippen molar-refractivity contribution in [3.63, 3.8) is 0 Å². The van der Waals surface area contributed by atoms with Gasteiger partial charge in [0, 0.05) is 41.1 Å². The monoisotopic (exact) mass is 497 g/mol. The van der Waals surface area contributed by atoms with Crippen molar-refractivity contribution in [1.82, 2.24) is 9.97 Å². The van der Waals surface area contributed by atoms with Crippen LogP contribution in [0.15, 0.2) is 79.1 Å². The van der Waals surface area contributed by atoms with E-state index in [1.165, 1.54) is 0 Å². The Morgan fingerprint density at radius 1 is 1.03 bits per heavy atom. The second kappa shape index (κ2) is 11.0. The highest BCUT2D eigenvalue weighted by Crippen LogP contribution is 2.34. The third-order valence-electron chi connectivity index (χ3n) is 6.48. The molecule has 2 atom stereocenters. The van der Waals surface area contributed by atoms with Crippen LogP contribution < -0.4 is 10.1 Å². The Morgan fingerprint density at radius 2 is 1.86 bits per heavy atom. The first-order valence-electron chi connectivity index (χ1n) is 12.1. The highest BCUT2D eigenvalue weighted by atomic mass is 35.5. The quantitative estimate of drug-likeness (QED) is 0.302. The van der Waals surface area contributed by atoms with Gasteiger partial charge in [-0.2, -0.15) is 0 Å². The summed E-state index contributed by atoms with van der Waals surface area (Å²) in [6, 6.07) is 22.0. The minimum absolute atomic E-state index is 0.220. The fourth-order valence-electron chi connectivity index (χ4n) is 4.62. The maximum Gasteiger partial charge on any atom is 0.131 e. The second-order valence-electron chi connectivity index (χ2n) is 9.09. The van der Waals surface area contributed by atoms with Crippen molar-refractivity contribution in [1.29, 1.82) is 0 Å². The van der Waals surface area contributed by atoms with E-state index in [-0.39, 0.29) is 6.04 Å². The van der Waals surface area contributed by atoms with E-state index in [1.54, 1.807) is 19.5 Å². The van der Waals surface area contributed by atoms with Crippen LogP contribution in [0, 0.1) is 11.8 Å². The van der Waals surface area contributed by atoms with Crippen LogP contribution >= 0.6 is 11.6 Å². The van der Waals surface area contributed by atoms with E-state index in [1.807, 2.05) is 54.6 Å². The van der Waals surface area contributed by atoms with E-state index in [9.17, 15) is 0 Å². The molecule has 1 aliphatic rings. The first kappa shape index (κ1) is 24.1. The molecule has 0 bridgehead atoms. The van der Waals surface area contributed by atoms with Crippen molar-refractivity contribution in [3.05, 3.63) is 95.3 Å². The van der Waals surface area contributed by atoms with Crippen LogP contribution in [0.4, 0.5) is 5.69 Å². The largest absolute Gasteiger partial charge is 0.497 e. The summed E-state index contributed by atoms with van der Waals surface area (Å²) in [5.74, 6) is 7.66. The van der Waals surface area contributed by atoms with Gasteiger partial charge in [-0.1, -0.05) is 41.6 Å². The zero-order valence-corrected chi connectivity index (χ0v) is 21.0. The van der Waals surface area contributed by atoms with E-state index in [2.05, 4.69) is 39.3 Å². The van der Waals surface area contributed by atoms with E-state index in [0.29, 0.717) is 11.6 Å². The molecule has 1 aliphatic carbocycles. The van der Waals surface area contributed by atoms with Gasteiger partial charge in [0.05, 0.1) is 24.8 Å². The number of hydrogen-bond donors (Lipinski definition) is 1. The zero-order valence-electron chi connectivity index (χ0n) is 20.2. The summed E-state index contributed by atoms with van der Waals surface area (Å²) in [5, 5.41) is 4.37. The van der Waals surface area contributed by atoms with Gasteiger partial charge < -0.3 is 14.8 Å². The van der Waals surface area contributed by atoms with Crippen molar-refractivity contribution >= 4 is 28.3 Å². The summed E-state index contributed by atoms with van der Waals surface area (Å²) in [4.78, 5) is 8.81. The highest BCUT2D eigenvalue weighted by molar-refractivity contribution is 6.30. The third-order valence-corrected chi connectivity index (χ3v) is 6.72. The lowest BCUT2D eigenvalue weighted by Gasteiger charge is -2.38. The number of nitrogens with one attached hydrogen (secondary N) is 1. The minimum Gasteiger partial charge on any atom is -0.497 e.